The van der Waals surface area contributed by atoms with Crippen molar-refractivity contribution in [1.82, 2.24) is 9.97 Å². The summed E-state index contributed by atoms with van der Waals surface area (Å²) in [6.45, 7) is 2.21. The van der Waals surface area contributed by atoms with Gasteiger partial charge in [-0.05, 0) is 42.8 Å². The number of aliphatic imine (C=N–C) groups is 1. The van der Waals surface area contributed by atoms with E-state index < -0.39 is 27.6 Å². The predicted molar refractivity (Wildman–Crippen MR) is 111 cm³/mol. The van der Waals surface area contributed by atoms with Gasteiger partial charge in [0.25, 0.3) is 6.43 Å². The summed E-state index contributed by atoms with van der Waals surface area (Å²) in [7, 11) is -3.60. The Morgan fingerprint density at radius 1 is 1.17 bits per heavy atom. The number of alkyl halides is 2. The Labute approximate surface area is 175 Å². The molecular formula is C20H16F3N3O2S2. The number of aryl methyl sites for hydroxylation is 1. The van der Waals surface area contributed by atoms with Gasteiger partial charge in [-0.25, -0.2) is 31.6 Å². The van der Waals surface area contributed by atoms with Gasteiger partial charge < -0.3 is 0 Å². The molecule has 156 valence electrons. The molecule has 0 saturated heterocycles. The Kier molecular flexibility index (Phi) is 5.54. The smallest absolute Gasteiger partial charge is 0.266 e. The van der Waals surface area contributed by atoms with E-state index in [2.05, 4.69) is 15.0 Å². The molecule has 5 nitrogen and oxygen atoms in total. The third-order valence-corrected chi connectivity index (χ3v) is 7.56. The topological polar surface area (TPSA) is 72.3 Å². The summed E-state index contributed by atoms with van der Waals surface area (Å²) in [6.07, 6.45) is -1.68. The molecule has 1 aliphatic heterocycles. The fourth-order valence-electron chi connectivity index (χ4n) is 3.28. The summed E-state index contributed by atoms with van der Waals surface area (Å²) in [5.74, 6) is -0.411. The average molecular weight is 451 g/mol. The highest BCUT2D eigenvalue weighted by atomic mass is 32.2. The molecule has 0 spiro atoms. The minimum Gasteiger partial charge on any atom is -0.281 e. The minimum atomic E-state index is -3.60. The van der Waals surface area contributed by atoms with Crippen LogP contribution >= 0.6 is 11.8 Å². The molecule has 30 heavy (non-hydrogen) atoms. The van der Waals surface area contributed by atoms with Gasteiger partial charge in [0.2, 0.25) is 0 Å². The molecular weight excluding hydrogens is 435 g/mol. The van der Waals surface area contributed by atoms with E-state index in [0.717, 1.165) is 17.9 Å². The molecule has 0 fully saturated rings. The third-order valence-electron chi connectivity index (χ3n) is 4.76. The van der Waals surface area contributed by atoms with E-state index in [0.29, 0.717) is 39.3 Å². The molecule has 0 amide bonds. The van der Waals surface area contributed by atoms with E-state index in [1.54, 1.807) is 13.0 Å². The van der Waals surface area contributed by atoms with Crippen molar-refractivity contribution in [3.8, 4) is 11.3 Å². The van der Waals surface area contributed by atoms with E-state index in [1.165, 1.54) is 30.2 Å². The first-order chi connectivity index (χ1) is 14.3. The fraction of sp³-hybridized carbons (Fsp3) is 0.250. The van der Waals surface area contributed by atoms with E-state index in [9.17, 15) is 21.6 Å². The van der Waals surface area contributed by atoms with Crippen LogP contribution in [0.4, 0.5) is 13.2 Å². The molecule has 2 heterocycles. The van der Waals surface area contributed by atoms with Crippen molar-refractivity contribution in [2.75, 3.05) is 18.1 Å². The first kappa shape index (κ1) is 20.8. The zero-order valence-corrected chi connectivity index (χ0v) is 17.4. The number of halogens is 3. The number of fused-ring (bicyclic) bond motifs is 1. The van der Waals surface area contributed by atoms with Gasteiger partial charge in [-0.1, -0.05) is 0 Å². The number of hydrogen-bond acceptors (Lipinski definition) is 6. The summed E-state index contributed by atoms with van der Waals surface area (Å²) >= 11 is 1.43. The lowest BCUT2D eigenvalue weighted by Crippen LogP contribution is -2.12. The molecule has 3 aromatic rings. The Morgan fingerprint density at radius 3 is 2.67 bits per heavy atom. The first-order valence-electron chi connectivity index (χ1n) is 8.98. The van der Waals surface area contributed by atoms with Gasteiger partial charge in [0, 0.05) is 23.2 Å². The van der Waals surface area contributed by atoms with Crippen LogP contribution in [-0.2, 0) is 9.84 Å². The standard InChI is InChI=1S/C20H16F3N3O2S2/c1-11-6-15(20(22)23)16(21)8-14(11)19-13-3-2-12(7-17(13)25-10-26-19)30(27,28)9-18-24-4-5-29-18/h2-3,6-8,10,20H,4-5,9H2,1H3. The third kappa shape index (κ3) is 3.93. The average Bonchev–Trinajstić information content (AvgIpc) is 3.20. The van der Waals surface area contributed by atoms with E-state index in [1.807, 2.05) is 0 Å². The zero-order valence-electron chi connectivity index (χ0n) is 15.8. The maximum atomic E-state index is 14.2. The Balaban J connectivity index is 1.78. The summed E-state index contributed by atoms with van der Waals surface area (Å²) in [4.78, 5) is 12.6. The second-order valence-electron chi connectivity index (χ2n) is 6.77. The van der Waals surface area contributed by atoms with Gasteiger partial charge >= 0.3 is 0 Å². The molecule has 0 N–H and O–H groups in total. The van der Waals surface area contributed by atoms with Crippen molar-refractivity contribution in [3.63, 3.8) is 0 Å². The normalized spacial score (nSPS) is 14.5. The van der Waals surface area contributed by atoms with Crippen LogP contribution in [0.15, 0.2) is 46.5 Å². The van der Waals surface area contributed by atoms with Crippen LogP contribution in [0, 0.1) is 12.7 Å². The van der Waals surface area contributed by atoms with Crippen molar-refractivity contribution in [2.24, 2.45) is 4.99 Å². The largest absolute Gasteiger partial charge is 0.281 e. The molecule has 0 saturated carbocycles. The maximum Gasteiger partial charge on any atom is 0.266 e. The quantitative estimate of drug-likeness (QED) is 0.567. The number of rotatable bonds is 5. The number of hydrogen-bond donors (Lipinski definition) is 0. The second-order valence-corrected chi connectivity index (χ2v) is 9.93. The van der Waals surface area contributed by atoms with Crippen molar-refractivity contribution in [1.29, 1.82) is 0 Å². The Morgan fingerprint density at radius 2 is 1.97 bits per heavy atom. The zero-order chi connectivity index (χ0) is 21.5. The monoisotopic (exact) mass is 451 g/mol. The molecule has 10 heteroatoms. The summed E-state index contributed by atoms with van der Waals surface area (Å²) in [5, 5.41) is 1.08. The van der Waals surface area contributed by atoms with Crippen LogP contribution in [-0.4, -0.2) is 41.5 Å². The molecule has 1 aliphatic rings. The number of benzene rings is 2. The van der Waals surface area contributed by atoms with Crippen molar-refractivity contribution in [2.45, 2.75) is 18.2 Å². The van der Waals surface area contributed by atoms with Crippen LogP contribution in [0.1, 0.15) is 17.6 Å². The highest BCUT2D eigenvalue weighted by Crippen LogP contribution is 2.33. The summed E-state index contributed by atoms with van der Waals surface area (Å²) in [5.41, 5.74) is 0.809. The summed E-state index contributed by atoms with van der Waals surface area (Å²) < 4.78 is 65.6. The number of thioether (sulfide) groups is 1. The SMILES string of the molecule is Cc1cc(C(F)F)c(F)cc1-c1ncnc2cc(S(=O)(=O)CC3=NCCS3)ccc12. The van der Waals surface area contributed by atoms with Crippen LogP contribution in [0.2, 0.25) is 0 Å². The lowest BCUT2D eigenvalue weighted by atomic mass is 9.99. The highest BCUT2D eigenvalue weighted by Gasteiger charge is 2.22. The van der Waals surface area contributed by atoms with E-state index >= 15 is 0 Å². The van der Waals surface area contributed by atoms with Crippen LogP contribution in [0.25, 0.3) is 22.2 Å². The molecule has 2 aromatic carbocycles. The van der Waals surface area contributed by atoms with Crippen molar-refractivity contribution in [3.05, 3.63) is 53.6 Å². The predicted octanol–water partition coefficient (Wildman–Crippen LogP) is 4.60. The molecule has 0 atom stereocenters. The minimum absolute atomic E-state index is 0.103. The molecule has 0 radical (unpaired) electrons. The van der Waals surface area contributed by atoms with E-state index in [-0.39, 0.29) is 10.6 Å². The van der Waals surface area contributed by atoms with Gasteiger partial charge in [0.1, 0.15) is 17.9 Å². The number of aromatic nitrogens is 2. The van der Waals surface area contributed by atoms with Gasteiger partial charge in [0.15, 0.2) is 9.84 Å². The molecule has 0 unspecified atom stereocenters. The van der Waals surface area contributed by atoms with Crippen LogP contribution in [0.5, 0.6) is 0 Å². The van der Waals surface area contributed by atoms with Gasteiger partial charge in [0.05, 0.1) is 26.7 Å². The Hall–Kier alpha value is -2.46. The lowest BCUT2D eigenvalue weighted by Gasteiger charge is -2.12. The molecule has 4 rings (SSSR count). The van der Waals surface area contributed by atoms with Crippen LogP contribution < -0.4 is 0 Å². The van der Waals surface area contributed by atoms with Crippen molar-refractivity contribution < 1.29 is 21.6 Å². The van der Waals surface area contributed by atoms with Crippen LogP contribution in [0.3, 0.4) is 0 Å². The number of sulfone groups is 1. The molecule has 0 aliphatic carbocycles. The van der Waals surface area contributed by atoms with Gasteiger partial charge in [-0.2, -0.15) is 0 Å². The maximum absolute atomic E-state index is 14.2. The highest BCUT2D eigenvalue weighted by molar-refractivity contribution is 8.15. The lowest BCUT2D eigenvalue weighted by molar-refractivity contribution is 0.146. The fourth-order valence-corrected chi connectivity index (χ4v) is 5.83. The second kappa shape index (κ2) is 7.99. The van der Waals surface area contributed by atoms with E-state index in [4.69, 9.17) is 0 Å². The molecule has 1 aromatic heterocycles. The summed E-state index contributed by atoms with van der Waals surface area (Å²) in [6, 6.07) is 6.57. The first-order valence-corrected chi connectivity index (χ1v) is 11.6. The van der Waals surface area contributed by atoms with Gasteiger partial charge in [-0.3, -0.25) is 4.99 Å². The number of nitrogens with zero attached hydrogens (tertiary/aromatic N) is 3. The van der Waals surface area contributed by atoms with Gasteiger partial charge in [-0.15, -0.1) is 11.8 Å². The van der Waals surface area contributed by atoms with Crippen molar-refractivity contribution >= 4 is 37.5 Å². The Bertz CT molecular complexity index is 1280. The molecule has 0 bridgehead atoms.